The Balaban J connectivity index is 1.24. The molecule has 5 rings (SSSR count). The lowest BCUT2D eigenvalue weighted by molar-refractivity contribution is -0.131. The third kappa shape index (κ3) is 3.70. The molecule has 3 aliphatic rings. The summed E-state index contributed by atoms with van der Waals surface area (Å²) in [5.41, 5.74) is 0.838. The van der Waals surface area contributed by atoms with E-state index in [1.807, 2.05) is 22.5 Å². The summed E-state index contributed by atoms with van der Waals surface area (Å²) in [6.45, 7) is 5.26. The number of carbonyl (C=O) groups excluding carboxylic acids is 1. The maximum absolute atomic E-state index is 12.2. The fourth-order valence-corrected chi connectivity index (χ4v) is 4.88. The van der Waals surface area contributed by atoms with Gasteiger partial charge in [-0.1, -0.05) is 6.42 Å². The molecular formula is C21H31N7O. The number of carbonyl (C=O) groups is 1. The average Bonchev–Trinajstić information content (AvgIpc) is 3.05. The lowest BCUT2D eigenvalue weighted by Gasteiger charge is -2.36. The summed E-state index contributed by atoms with van der Waals surface area (Å²) in [4.78, 5) is 19.0. The van der Waals surface area contributed by atoms with E-state index >= 15 is 0 Å². The zero-order chi connectivity index (χ0) is 19.8. The maximum atomic E-state index is 12.2. The van der Waals surface area contributed by atoms with E-state index < -0.39 is 0 Å². The average molecular weight is 398 g/mol. The number of fused-ring (bicyclic) bond motifs is 1. The van der Waals surface area contributed by atoms with Gasteiger partial charge in [0.25, 0.3) is 0 Å². The molecule has 2 aromatic rings. The maximum Gasteiger partial charge on any atom is 0.222 e. The van der Waals surface area contributed by atoms with Crippen molar-refractivity contribution >= 4 is 17.4 Å². The molecule has 1 atom stereocenters. The number of rotatable bonds is 4. The van der Waals surface area contributed by atoms with Crippen LogP contribution in [0, 0.1) is 0 Å². The van der Waals surface area contributed by atoms with Crippen LogP contribution in [-0.4, -0.2) is 81.3 Å². The predicted molar refractivity (Wildman–Crippen MR) is 111 cm³/mol. The number of piperidine rings is 1. The van der Waals surface area contributed by atoms with E-state index in [-0.39, 0.29) is 0 Å². The van der Waals surface area contributed by atoms with Crippen LogP contribution >= 0.6 is 0 Å². The molecule has 2 aromatic heterocycles. The molecule has 3 saturated heterocycles. The topological polar surface area (TPSA) is 69.9 Å². The number of nitrogens with zero attached hydrogens (tertiary/aromatic N) is 7. The van der Waals surface area contributed by atoms with Crippen molar-refractivity contribution in [2.45, 2.75) is 56.9 Å². The van der Waals surface area contributed by atoms with Crippen LogP contribution in [0.25, 0.3) is 5.65 Å². The molecule has 3 aliphatic heterocycles. The fourth-order valence-electron chi connectivity index (χ4n) is 4.88. The Morgan fingerprint density at radius 1 is 1.00 bits per heavy atom. The first-order chi connectivity index (χ1) is 14.2. The molecule has 1 amide bonds. The summed E-state index contributed by atoms with van der Waals surface area (Å²) in [6.07, 6.45) is 7.42. The fraction of sp³-hybridized carbons (Fsp3) is 0.714. The minimum absolute atomic E-state index is 0.307. The van der Waals surface area contributed by atoms with Gasteiger partial charge in [-0.05, 0) is 57.3 Å². The summed E-state index contributed by atoms with van der Waals surface area (Å²) in [5.74, 6) is 2.74. The second-order valence-electron chi connectivity index (χ2n) is 8.84. The first-order valence-electron chi connectivity index (χ1n) is 11.1. The Bertz CT molecular complexity index is 869. The summed E-state index contributed by atoms with van der Waals surface area (Å²) in [6, 6.07) is 4.45. The molecular weight excluding hydrogens is 366 g/mol. The molecule has 0 aliphatic carbocycles. The number of amides is 1. The minimum atomic E-state index is 0.307. The van der Waals surface area contributed by atoms with Gasteiger partial charge in [-0.25, -0.2) is 0 Å². The Kier molecular flexibility index (Phi) is 5.11. The van der Waals surface area contributed by atoms with Crippen LogP contribution in [0.1, 0.15) is 56.7 Å². The van der Waals surface area contributed by atoms with Crippen LogP contribution in [0.2, 0.25) is 0 Å². The quantitative estimate of drug-likeness (QED) is 0.785. The highest BCUT2D eigenvalue weighted by molar-refractivity contribution is 5.76. The third-order valence-electron chi connectivity index (χ3n) is 6.99. The Hall–Kier alpha value is -2.22. The van der Waals surface area contributed by atoms with Crippen LogP contribution in [-0.2, 0) is 4.79 Å². The van der Waals surface area contributed by atoms with Gasteiger partial charge in [0.15, 0.2) is 11.5 Å². The second kappa shape index (κ2) is 7.89. The largest absolute Gasteiger partial charge is 0.355 e. The first-order valence-corrected chi connectivity index (χ1v) is 11.1. The number of hydrogen-bond donors (Lipinski definition) is 0. The second-order valence-corrected chi connectivity index (χ2v) is 8.84. The Labute approximate surface area is 171 Å². The molecule has 0 N–H and O–H groups in total. The number of likely N-dealkylation sites (tertiary alicyclic amines) is 2. The van der Waals surface area contributed by atoms with Crippen LogP contribution < -0.4 is 4.90 Å². The zero-order valence-corrected chi connectivity index (χ0v) is 17.3. The van der Waals surface area contributed by atoms with Gasteiger partial charge in [0, 0.05) is 45.1 Å². The first kappa shape index (κ1) is 18.8. The molecule has 156 valence electrons. The highest BCUT2D eigenvalue weighted by Gasteiger charge is 2.29. The van der Waals surface area contributed by atoms with E-state index in [1.165, 1.54) is 6.42 Å². The highest BCUT2D eigenvalue weighted by atomic mass is 16.2. The predicted octanol–water partition coefficient (Wildman–Crippen LogP) is 1.91. The number of hydrogen-bond acceptors (Lipinski definition) is 6. The van der Waals surface area contributed by atoms with E-state index in [1.54, 1.807) is 0 Å². The summed E-state index contributed by atoms with van der Waals surface area (Å²) in [5, 5.41) is 13.7. The minimum Gasteiger partial charge on any atom is -0.355 e. The van der Waals surface area contributed by atoms with Crippen molar-refractivity contribution in [3.05, 3.63) is 18.0 Å². The van der Waals surface area contributed by atoms with Crippen LogP contribution in [0.3, 0.4) is 0 Å². The normalized spacial score (nSPS) is 24.7. The molecule has 0 spiro atoms. The van der Waals surface area contributed by atoms with Crippen LogP contribution in [0.5, 0.6) is 0 Å². The van der Waals surface area contributed by atoms with Gasteiger partial charge in [-0.2, -0.15) is 4.52 Å². The monoisotopic (exact) mass is 397 g/mol. The summed E-state index contributed by atoms with van der Waals surface area (Å²) < 4.78 is 1.96. The number of aromatic nitrogens is 4. The van der Waals surface area contributed by atoms with Crippen molar-refractivity contribution in [1.29, 1.82) is 0 Å². The molecule has 0 saturated carbocycles. The highest BCUT2D eigenvalue weighted by Crippen LogP contribution is 2.28. The van der Waals surface area contributed by atoms with Gasteiger partial charge in [-0.3, -0.25) is 4.79 Å². The molecule has 29 heavy (non-hydrogen) atoms. The molecule has 8 heteroatoms. The van der Waals surface area contributed by atoms with E-state index in [2.05, 4.69) is 26.1 Å². The molecule has 0 aromatic carbocycles. The van der Waals surface area contributed by atoms with Crippen molar-refractivity contribution in [3.8, 4) is 0 Å². The Morgan fingerprint density at radius 2 is 1.83 bits per heavy atom. The smallest absolute Gasteiger partial charge is 0.222 e. The molecule has 5 heterocycles. The van der Waals surface area contributed by atoms with Gasteiger partial charge in [-0.15, -0.1) is 15.3 Å². The lowest BCUT2D eigenvalue weighted by Crippen LogP contribution is -2.46. The van der Waals surface area contributed by atoms with Crippen molar-refractivity contribution in [1.82, 2.24) is 29.6 Å². The van der Waals surface area contributed by atoms with Gasteiger partial charge in [0.05, 0.1) is 0 Å². The van der Waals surface area contributed by atoms with Gasteiger partial charge < -0.3 is 14.7 Å². The van der Waals surface area contributed by atoms with Crippen LogP contribution in [0.4, 0.5) is 5.82 Å². The molecule has 0 radical (unpaired) electrons. The van der Waals surface area contributed by atoms with Gasteiger partial charge in [0.2, 0.25) is 5.91 Å². The third-order valence-corrected chi connectivity index (χ3v) is 6.99. The van der Waals surface area contributed by atoms with Crippen molar-refractivity contribution in [3.63, 3.8) is 0 Å². The SMILES string of the molecule is CN1C(=O)CCCCC1CN1CCC(c2nnc3ccc(N4CCC4)nn23)CC1. The van der Waals surface area contributed by atoms with E-state index in [9.17, 15) is 4.79 Å². The summed E-state index contributed by atoms with van der Waals surface area (Å²) >= 11 is 0. The van der Waals surface area contributed by atoms with Gasteiger partial charge in [0.1, 0.15) is 5.82 Å². The molecule has 1 unspecified atom stereocenters. The zero-order valence-electron chi connectivity index (χ0n) is 17.3. The Morgan fingerprint density at radius 3 is 2.59 bits per heavy atom. The molecule has 0 bridgehead atoms. The van der Waals surface area contributed by atoms with E-state index in [0.717, 1.165) is 82.1 Å². The van der Waals surface area contributed by atoms with Crippen molar-refractivity contribution in [2.24, 2.45) is 0 Å². The number of anilines is 1. The molecule has 3 fully saturated rings. The van der Waals surface area contributed by atoms with Crippen molar-refractivity contribution < 1.29 is 4.79 Å². The van der Waals surface area contributed by atoms with Gasteiger partial charge >= 0.3 is 0 Å². The number of likely N-dealkylation sites (N-methyl/N-ethyl adjacent to an activating group) is 1. The molecule has 8 nitrogen and oxygen atoms in total. The van der Waals surface area contributed by atoms with E-state index in [4.69, 9.17) is 5.10 Å². The van der Waals surface area contributed by atoms with Crippen LogP contribution in [0.15, 0.2) is 12.1 Å². The summed E-state index contributed by atoms with van der Waals surface area (Å²) in [7, 11) is 1.98. The standard InChI is InChI=1S/C21H31N7O/c1-25-17(5-2-3-6-20(25)29)15-26-13-9-16(10-14-26)21-23-22-18-7-8-19(24-28(18)21)27-11-4-12-27/h7-8,16-17H,2-6,9-15H2,1H3. The van der Waals surface area contributed by atoms with Crippen molar-refractivity contribution in [2.75, 3.05) is 44.7 Å². The lowest BCUT2D eigenvalue weighted by atomic mass is 9.95. The van der Waals surface area contributed by atoms with E-state index in [0.29, 0.717) is 24.3 Å².